The molecule has 2 aromatic heterocycles. The van der Waals surface area contributed by atoms with Crippen LogP contribution < -0.4 is 5.73 Å². The summed E-state index contributed by atoms with van der Waals surface area (Å²) in [6.45, 7) is 3.07. The number of benzene rings is 1. The molecule has 2 heterocycles. The lowest BCUT2D eigenvalue weighted by atomic mass is 10.1. The second-order valence-corrected chi connectivity index (χ2v) is 5.26. The molecule has 4 heteroatoms. The predicted octanol–water partition coefficient (Wildman–Crippen LogP) is 3.06. The van der Waals surface area contributed by atoms with Gasteiger partial charge in [-0.15, -0.1) is 0 Å². The molecule has 0 aliphatic rings. The van der Waals surface area contributed by atoms with E-state index in [1.807, 2.05) is 24.4 Å². The van der Waals surface area contributed by atoms with Gasteiger partial charge >= 0.3 is 0 Å². The molecule has 0 fully saturated rings. The summed E-state index contributed by atoms with van der Waals surface area (Å²) in [4.78, 5) is 3.25. The van der Waals surface area contributed by atoms with E-state index in [4.69, 9.17) is 11.1 Å². The van der Waals surface area contributed by atoms with Crippen LogP contribution in [-0.2, 0) is 19.4 Å². The Morgan fingerprint density at radius 1 is 1.24 bits per heavy atom. The number of aromatic nitrogens is 2. The number of amidine groups is 1. The van der Waals surface area contributed by atoms with Crippen molar-refractivity contribution >= 4 is 16.7 Å². The van der Waals surface area contributed by atoms with E-state index >= 15 is 0 Å². The van der Waals surface area contributed by atoms with Crippen LogP contribution in [-0.4, -0.2) is 15.4 Å². The van der Waals surface area contributed by atoms with Crippen LogP contribution >= 0.6 is 0 Å². The van der Waals surface area contributed by atoms with E-state index in [0.29, 0.717) is 0 Å². The first-order valence-corrected chi connectivity index (χ1v) is 7.28. The SMILES string of the molecule is CCn1c(CCc2ccc[nH]2)cc2ccc(C(=N)N)cc21. The number of nitrogens with one attached hydrogen (secondary N) is 2. The van der Waals surface area contributed by atoms with Crippen LogP contribution in [0.1, 0.15) is 23.9 Å². The first-order chi connectivity index (χ1) is 10.2. The molecule has 0 saturated carbocycles. The van der Waals surface area contributed by atoms with Crippen molar-refractivity contribution in [3.63, 3.8) is 0 Å². The Hall–Kier alpha value is -2.49. The molecule has 0 atom stereocenters. The van der Waals surface area contributed by atoms with Crippen LogP contribution in [0.4, 0.5) is 0 Å². The zero-order valence-corrected chi connectivity index (χ0v) is 12.2. The van der Waals surface area contributed by atoms with Crippen molar-refractivity contribution in [3.8, 4) is 0 Å². The molecular weight excluding hydrogens is 260 g/mol. The number of nitrogens with two attached hydrogens (primary N) is 1. The zero-order valence-electron chi connectivity index (χ0n) is 12.2. The Labute approximate surface area is 124 Å². The van der Waals surface area contributed by atoms with E-state index in [1.54, 1.807) is 0 Å². The van der Waals surface area contributed by atoms with Gasteiger partial charge in [-0.05, 0) is 49.4 Å². The van der Waals surface area contributed by atoms with Crippen molar-refractivity contribution in [1.82, 2.24) is 9.55 Å². The van der Waals surface area contributed by atoms with Gasteiger partial charge in [0.05, 0.1) is 0 Å². The summed E-state index contributed by atoms with van der Waals surface area (Å²) in [6.07, 6.45) is 3.96. The van der Waals surface area contributed by atoms with Crippen molar-refractivity contribution in [2.24, 2.45) is 5.73 Å². The highest BCUT2D eigenvalue weighted by Crippen LogP contribution is 2.22. The standard InChI is InChI=1S/C17H20N4/c1-2-21-15(8-7-14-4-3-9-20-14)10-12-5-6-13(17(18)19)11-16(12)21/h3-6,9-11,20H,2,7-8H2,1H3,(H3,18,19). The fourth-order valence-electron chi connectivity index (χ4n) is 2.85. The number of aromatic amines is 1. The predicted molar refractivity (Wildman–Crippen MR) is 86.8 cm³/mol. The maximum Gasteiger partial charge on any atom is 0.122 e. The number of hydrogen-bond acceptors (Lipinski definition) is 1. The molecule has 4 nitrogen and oxygen atoms in total. The lowest BCUT2D eigenvalue weighted by Crippen LogP contribution is -2.11. The summed E-state index contributed by atoms with van der Waals surface area (Å²) < 4.78 is 2.31. The number of nitrogen functional groups attached to an aromatic ring is 1. The number of rotatable bonds is 5. The molecule has 0 unspecified atom stereocenters. The molecule has 21 heavy (non-hydrogen) atoms. The summed E-state index contributed by atoms with van der Waals surface area (Å²) in [5, 5.41) is 8.80. The lowest BCUT2D eigenvalue weighted by molar-refractivity contribution is 0.725. The van der Waals surface area contributed by atoms with Gasteiger partial charge in [-0.3, -0.25) is 5.41 Å². The van der Waals surface area contributed by atoms with Crippen molar-refractivity contribution in [3.05, 3.63) is 59.5 Å². The van der Waals surface area contributed by atoms with Crippen LogP contribution in [0.15, 0.2) is 42.6 Å². The fourth-order valence-corrected chi connectivity index (χ4v) is 2.85. The third-order valence-corrected chi connectivity index (χ3v) is 3.93. The highest BCUT2D eigenvalue weighted by molar-refractivity contribution is 5.98. The van der Waals surface area contributed by atoms with Crippen molar-refractivity contribution in [1.29, 1.82) is 5.41 Å². The van der Waals surface area contributed by atoms with Crippen LogP contribution in [0.2, 0.25) is 0 Å². The van der Waals surface area contributed by atoms with E-state index in [2.05, 4.69) is 34.7 Å². The molecule has 0 radical (unpaired) electrons. The monoisotopic (exact) mass is 280 g/mol. The Morgan fingerprint density at radius 2 is 2.10 bits per heavy atom. The largest absolute Gasteiger partial charge is 0.384 e. The smallest absolute Gasteiger partial charge is 0.122 e. The van der Waals surface area contributed by atoms with E-state index < -0.39 is 0 Å². The number of aryl methyl sites for hydroxylation is 3. The number of hydrogen-bond donors (Lipinski definition) is 3. The molecule has 3 rings (SSSR count). The van der Waals surface area contributed by atoms with Gasteiger partial charge < -0.3 is 15.3 Å². The Bertz CT molecular complexity index is 766. The zero-order chi connectivity index (χ0) is 14.8. The van der Waals surface area contributed by atoms with E-state index in [-0.39, 0.29) is 5.84 Å². The van der Waals surface area contributed by atoms with Gasteiger partial charge in [0.15, 0.2) is 0 Å². The van der Waals surface area contributed by atoms with E-state index in [0.717, 1.165) is 30.5 Å². The van der Waals surface area contributed by atoms with E-state index in [1.165, 1.54) is 16.8 Å². The highest BCUT2D eigenvalue weighted by Gasteiger charge is 2.09. The van der Waals surface area contributed by atoms with Crippen LogP contribution in [0, 0.1) is 5.41 Å². The molecule has 1 aromatic carbocycles. The summed E-state index contributed by atoms with van der Waals surface area (Å²) in [6, 6.07) is 12.4. The van der Waals surface area contributed by atoms with Gasteiger partial charge in [-0.2, -0.15) is 0 Å². The van der Waals surface area contributed by atoms with E-state index in [9.17, 15) is 0 Å². The van der Waals surface area contributed by atoms with Crippen LogP contribution in [0.5, 0.6) is 0 Å². The molecule has 0 aliphatic carbocycles. The number of H-pyrrole nitrogens is 1. The first kappa shape index (κ1) is 13.5. The third kappa shape index (κ3) is 2.57. The molecule has 0 spiro atoms. The molecule has 0 amide bonds. The second-order valence-electron chi connectivity index (χ2n) is 5.26. The van der Waals surface area contributed by atoms with Gasteiger partial charge in [0, 0.05) is 35.2 Å². The minimum Gasteiger partial charge on any atom is -0.384 e. The third-order valence-electron chi connectivity index (χ3n) is 3.93. The Kier molecular flexibility index (Phi) is 3.52. The molecule has 0 aliphatic heterocycles. The molecular formula is C17H20N4. The summed E-state index contributed by atoms with van der Waals surface area (Å²) in [5.41, 5.74) is 10.1. The number of fused-ring (bicyclic) bond motifs is 1. The highest BCUT2D eigenvalue weighted by atomic mass is 15.0. The van der Waals surface area contributed by atoms with Gasteiger partial charge in [0.1, 0.15) is 5.84 Å². The first-order valence-electron chi connectivity index (χ1n) is 7.28. The minimum absolute atomic E-state index is 0.119. The average Bonchev–Trinajstić information content (AvgIpc) is 3.11. The van der Waals surface area contributed by atoms with Crippen molar-refractivity contribution in [2.45, 2.75) is 26.3 Å². The van der Waals surface area contributed by atoms with Crippen molar-refractivity contribution in [2.75, 3.05) is 0 Å². The lowest BCUT2D eigenvalue weighted by Gasteiger charge is -2.08. The van der Waals surface area contributed by atoms with Gasteiger partial charge in [0.2, 0.25) is 0 Å². The summed E-state index contributed by atoms with van der Waals surface area (Å²) in [5.74, 6) is 0.119. The van der Waals surface area contributed by atoms with Gasteiger partial charge in [-0.25, -0.2) is 0 Å². The molecule has 108 valence electrons. The molecule has 4 N–H and O–H groups in total. The van der Waals surface area contributed by atoms with Crippen molar-refractivity contribution < 1.29 is 0 Å². The maximum absolute atomic E-state index is 7.58. The van der Waals surface area contributed by atoms with Crippen LogP contribution in [0.25, 0.3) is 10.9 Å². The average molecular weight is 280 g/mol. The fraction of sp³-hybridized carbons (Fsp3) is 0.235. The number of nitrogens with zero attached hydrogens (tertiary/aromatic N) is 1. The second kappa shape index (κ2) is 5.48. The molecule has 3 aromatic rings. The summed E-state index contributed by atoms with van der Waals surface area (Å²) >= 11 is 0. The Morgan fingerprint density at radius 3 is 2.76 bits per heavy atom. The minimum atomic E-state index is 0.119. The van der Waals surface area contributed by atoms with Gasteiger partial charge in [0.25, 0.3) is 0 Å². The quantitative estimate of drug-likeness (QED) is 0.488. The summed E-state index contributed by atoms with van der Waals surface area (Å²) in [7, 11) is 0. The van der Waals surface area contributed by atoms with Gasteiger partial charge in [-0.1, -0.05) is 12.1 Å². The maximum atomic E-state index is 7.58. The topological polar surface area (TPSA) is 70.6 Å². The van der Waals surface area contributed by atoms with Crippen LogP contribution in [0.3, 0.4) is 0 Å². The normalized spacial score (nSPS) is 11.1. The molecule has 0 saturated heterocycles. The molecule has 0 bridgehead atoms. The Balaban J connectivity index is 1.96.